The first-order chi connectivity index (χ1) is 12.8. The maximum atomic E-state index is 12.2. The molecule has 0 aliphatic carbocycles. The van der Waals surface area contributed by atoms with E-state index in [2.05, 4.69) is 53.1 Å². The van der Waals surface area contributed by atoms with Gasteiger partial charge in [-0.1, -0.05) is 39.3 Å². The van der Waals surface area contributed by atoms with Crippen LogP contribution < -0.4 is 10.6 Å². The Labute approximate surface area is 175 Å². The number of alkyl halides is 1. The summed E-state index contributed by atoms with van der Waals surface area (Å²) in [5.74, 6) is 0.473. The summed E-state index contributed by atoms with van der Waals surface area (Å²) in [5.41, 5.74) is 1.51. The van der Waals surface area contributed by atoms with E-state index < -0.39 is 18.2 Å². The number of alkyl carbamates (subject to hydrolysis) is 1. The molecule has 0 aliphatic rings. The Kier molecular flexibility index (Phi) is 11.3. The Morgan fingerprint density at radius 3 is 2.52 bits per heavy atom. The Morgan fingerprint density at radius 1 is 1.30 bits per heavy atom. The van der Waals surface area contributed by atoms with E-state index in [4.69, 9.17) is 10.00 Å². The number of ether oxygens (including phenoxy) is 1. The highest BCUT2D eigenvalue weighted by atomic mass is 127. The zero-order chi connectivity index (χ0) is 20.2. The molecule has 0 fully saturated rings. The lowest BCUT2D eigenvalue weighted by Gasteiger charge is -2.25. The van der Waals surface area contributed by atoms with Gasteiger partial charge in [0.2, 0.25) is 0 Å². The van der Waals surface area contributed by atoms with E-state index in [1.165, 1.54) is 0 Å². The zero-order valence-corrected chi connectivity index (χ0v) is 18.4. The third-order valence-corrected chi connectivity index (χ3v) is 4.84. The molecule has 7 heteroatoms. The molecule has 0 spiro atoms. The molecule has 0 saturated carbocycles. The Balaban J connectivity index is 2.74. The van der Waals surface area contributed by atoms with Crippen molar-refractivity contribution < 1.29 is 14.6 Å². The van der Waals surface area contributed by atoms with Gasteiger partial charge in [0.1, 0.15) is 0 Å². The summed E-state index contributed by atoms with van der Waals surface area (Å²) in [6.07, 6.45) is 0.880. The predicted molar refractivity (Wildman–Crippen MR) is 115 cm³/mol. The molecule has 0 aliphatic heterocycles. The SMILES string of the molecule is CCCC(I)OC(=O)N[C@@H](Cc1ccc(C#N)cc1)[C@H](O)CNCC(C)C. The van der Waals surface area contributed by atoms with E-state index in [0.717, 1.165) is 24.9 Å². The van der Waals surface area contributed by atoms with Crippen LogP contribution in [0.4, 0.5) is 4.79 Å². The smallest absolute Gasteiger partial charge is 0.408 e. The van der Waals surface area contributed by atoms with E-state index in [0.29, 0.717) is 24.4 Å². The van der Waals surface area contributed by atoms with Crippen LogP contribution >= 0.6 is 22.6 Å². The topological polar surface area (TPSA) is 94.4 Å². The molecule has 0 aromatic heterocycles. The Hall–Kier alpha value is -1.37. The second kappa shape index (κ2) is 12.9. The van der Waals surface area contributed by atoms with Crippen molar-refractivity contribution in [1.82, 2.24) is 10.6 Å². The third kappa shape index (κ3) is 9.94. The number of aliphatic hydroxyl groups excluding tert-OH is 1. The molecule has 0 heterocycles. The number of benzene rings is 1. The van der Waals surface area contributed by atoms with E-state index in [1.54, 1.807) is 12.1 Å². The summed E-state index contributed by atoms with van der Waals surface area (Å²) < 4.78 is 5.16. The number of hydrogen-bond donors (Lipinski definition) is 3. The van der Waals surface area contributed by atoms with Gasteiger partial charge in [-0.25, -0.2) is 4.79 Å². The maximum absolute atomic E-state index is 12.2. The molecule has 0 saturated heterocycles. The van der Waals surface area contributed by atoms with Crippen LogP contribution in [0.5, 0.6) is 0 Å². The number of halogens is 1. The highest BCUT2D eigenvalue weighted by Crippen LogP contribution is 2.12. The van der Waals surface area contributed by atoms with E-state index in [-0.39, 0.29) is 4.11 Å². The monoisotopic (exact) mass is 487 g/mol. The highest BCUT2D eigenvalue weighted by Gasteiger charge is 2.23. The van der Waals surface area contributed by atoms with Gasteiger partial charge in [-0.15, -0.1) is 0 Å². The minimum atomic E-state index is -0.759. The van der Waals surface area contributed by atoms with Crippen LogP contribution in [0.25, 0.3) is 0 Å². The lowest BCUT2D eigenvalue weighted by molar-refractivity contribution is 0.0995. The van der Waals surface area contributed by atoms with Gasteiger partial charge in [0.05, 0.1) is 23.8 Å². The summed E-state index contributed by atoms with van der Waals surface area (Å²) in [5, 5.41) is 25.5. The number of nitrogens with one attached hydrogen (secondary N) is 2. The lowest BCUT2D eigenvalue weighted by atomic mass is 10.00. The van der Waals surface area contributed by atoms with Crippen LogP contribution in [0.1, 0.15) is 44.7 Å². The van der Waals surface area contributed by atoms with E-state index >= 15 is 0 Å². The molecule has 3 N–H and O–H groups in total. The van der Waals surface area contributed by atoms with Crippen LogP contribution in [0.3, 0.4) is 0 Å². The molecule has 1 amide bonds. The van der Waals surface area contributed by atoms with Crippen LogP contribution in [-0.2, 0) is 11.2 Å². The van der Waals surface area contributed by atoms with E-state index in [9.17, 15) is 9.90 Å². The molecule has 1 unspecified atom stereocenters. The number of hydrogen-bond acceptors (Lipinski definition) is 5. The van der Waals surface area contributed by atoms with Crippen molar-refractivity contribution in [3.63, 3.8) is 0 Å². The number of nitriles is 1. The van der Waals surface area contributed by atoms with E-state index in [1.807, 2.05) is 19.1 Å². The summed E-state index contributed by atoms with van der Waals surface area (Å²) >= 11 is 2.09. The van der Waals surface area contributed by atoms with Crippen molar-refractivity contribution in [3.05, 3.63) is 35.4 Å². The third-order valence-electron chi connectivity index (χ3n) is 3.96. The maximum Gasteiger partial charge on any atom is 0.408 e. The standard InChI is InChI=1S/C20H30IN3O3/c1-4-5-19(21)27-20(26)24-17(18(25)13-23-12-14(2)3)10-15-6-8-16(11-22)9-7-15/h6-9,14,17-19,23,25H,4-5,10,12-13H2,1-3H3,(H,24,26)/t17-,18+,19?/m0/s1. The summed E-state index contributed by atoms with van der Waals surface area (Å²) in [6.45, 7) is 7.39. The van der Waals surface area contributed by atoms with Gasteiger partial charge in [-0.05, 0) is 65.6 Å². The van der Waals surface area contributed by atoms with Crippen LogP contribution in [0, 0.1) is 17.2 Å². The second-order valence-corrected chi connectivity index (χ2v) is 8.38. The quantitative estimate of drug-likeness (QED) is 0.329. The molecular weight excluding hydrogens is 457 g/mol. The van der Waals surface area contributed by atoms with Crippen molar-refractivity contribution in [1.29, 1.82) is 5.26 Å². The summed E-state index contributed by atoms with van der Waals surface area (Å²) in [6, 6.07) is 8.74. The molecule has 0 radical (unpaired) electrons. The fraction of sp³-hybridized carbons (Fsp3) is 0.600. The van der Waals surface area contributed by atoms with Crippen molar-refractivity contribution in [3.8, 4) is 6.07 Å². The molecule has 6 nitrogen and oxygen atoms in total. The van der Waals surface area contributed by atoms with Crippen LogP contribution in [-0.4, -0.2) is 40.5 Å². The average molecular weight is 487 g/mol. The second-order valence-electron chi connectivity index (χ2n) is 6.99. The summed E-state index contributed by atoms with van der Waals surface area (Å²) in [7, 11) is 0. The van der Waals surface area contributed by atoms with Gasteiger partial charge < -0.3 is 20.5 Å². The van der Waals surface area contributed by atoms with Gasteiger partial charge in [0.25, 0.3) is 0 Å². The first-order valence-electron chi connectivity index (χ1n) is 9.34. The van der Waals surface area contributed by atoms with Crippen molar-refractivity contribution >= 4 is 28.7 Å². The first-order valence-corrected chi connectivity index (χ1v) is 10.6. The van der Waals surface area contributed by atoms with Crippen molar-refractivity contribution in [2.24, 2.45) is 5.92 Å². The minimum absolute atomic E-state index is 0.195. The summed E-state index contributed by atoms with van der Waals surface area (Å²) in [4.78, 5) is 12.2. The fourth-order valence-corrected chi connectivity index (χ4v) is 3.36. The minimum Gasteiger partial charge on any atom is -0.436 e. The Morgan fingerprint density at radius 2 is 1.96 bits per heavy atom. The van der Waals surface area contributed by atoms with Crippen LogP contribution in [0.15, 0.2) is 24.3 Å². The number of aliphatic hydroxyl groups is 1. The van der Waals surface area contributed by atoms with Crippen LogP contribution in [0.2, 0.25) is 0 Å². The normalized spacial score (nSPS) is 14.3. The number of carbonyl (C=O) groups excluding carboxylic acids is 1. The molecule has 1 aromatic rings. The fourth-order valence-electron chi connectivity index (χ4n) is 2.50. The molecule has 27 heavy (non-hydrogen) atoms. The van der Waals surface area contributed by atoms with Gasteiger partial charge in [-0.2, -0.15) is 5.26 Å². The van der Waals surface area contributed by atoms with Gasteiger partial charge in [0.15, 0.2) is 4.11 Å². The predicted octanol–water partition coefficient (Wildman–Crippen LogP) is 3.36. The molecule has 0 bridgehead atoms. The number of nitrogens with zero attached hydrogens (tertiary/aromatic N) is 1. The van der Waals surface area contributed by atoms with Gasteiger partial charge in [-0.3, -0.25) is 0 Å². The molecule has 150 valence electrons. The zero-order valence-electron chi connectivity index (χ0n) is 16.2. The largest absolute Gasteiger partial charge is 0.436 e. The first kappa shape index (κ1) is 23.7. The Bertz CT molecular complexity index is 601. The van der Waals surface area contributed by atoms with Gasteiger partial charge in [0, 0.05) is 6.54 Å². The number of rotatable bonds is 11. The number of amides is 1. The molecular formula is C20H30IN3O3. The highest BCUT2D eigenvalue weighted by molar-refractivity contribution is 14.1. The number of carbonyl (C=O) groups is 1. The lowest BCUT2D eigenvalue weighted by Crippen LogP contribution is -2.49. The molecule has 3 atom stereocenters. The van der Waals surface area contributed by atoms with Crippen molar-refractivity contribution in [2.45, 2.75) is 56.3 Å². The molecule has 1 aromatic carbocycles. The average Bonchev–Trinajstić information content (AvgIpc) is 2.61. The molecule has 1 rings (SSSR count). The van der Waals surface area contributed by atoms with Crippen molar-refractivity contribution in [2.75, 3.05) is 13.1 Å². The van der Waals surface area contributed by atoms with Gasteiger partial charge >= 0.3 is 6.09 Å².